The molecule has 100 valence electrons. The number of pyridine rings is 1. The second-order valence-electron chi connectivity index (χ2n) is 5.51. The van der Waals surface area contributed by atoms with Gasteiger partial charge in [0.15, 0.2) is 0 Å². The van der Waals surface area contributed by atoms with Crippen molar-refractivity contribution >= 4 is 0 Å². The van der Waals surface area contributed by atoms with Crippen molar-refractivity contribution in [2.45, 2.75) is 32.8 Å². The minimum atomic E-state index is -0.0141. The van der Waals surface area contributed by atoms with Crippen LogP contribution in [0.1, 0.15) is 31.9 Å². The Labute approximate surface area is 113 Å². The molecule has 0 aliphatic rings. The van der Waals surface area contributed by atoms with E-state index in [1.165, 1.54) is 0 Å². The Kier molecular flexibility index (Phi) is 3.86. The molecule has 0 spiro atoms. The molecule has 0 fully saturated rings. The summed E-state index contributed by atoms with van der Waals surface area (Å²) in [4.78, 5) is 4.17. The van der Waals surface area contributed by atoms with E-state index in [0.29, 0.717) is 5.88 Å². The summed E-state index contributed by atoms with van der Waals surface area (Å²) in [6.07, 6.45) is 1.64. The van der Waals surface area contributed by atoms with Gasteiger partial charge >= 0.3 is 0 Å². The van der Waals surface area contributed by atoms with Crippen LogP contribution in [-0.4, -0.2) is 10.1 Å². The van der Waals surface area contributed by atoms with E-state index >= 15 is 0 Å². The van der Waals surface area contributed by atoms with Gasteiger partial charge in [0.1, 0.15) is 5.75 Å². The maximum Gasteiger partial charge on any atom is 0.219 e. The van der Waals surface area contributed by atoms with Crippen molar-refractivity contribution in [1.29, 1.82) is 0 Å². The van der Waals surface area contributed by atoms with Gasteiger partial charge in [0.25, 0.3) is 0 Å². The van der Waals surface area contributed by atoms with Crippen LogP contribution in [-0.2, 0) is 12.0 Å². The number of ether oxygens (including phenoxy) is 1. The summed E-state index contributed by atoms with van der Waals surface area (Å²) in [5.41, 5.74) is 1.93. The molecule has 0 saturated heterocycles. The maximum absolute atomic E-state index is 9.13. The Hall–Kier alpha value is -1.87. The van der Waals surface area contributed by atoms with E-state index in [-0.39, 0.29) is 12.0 Å². The summed E-state index contributed by atoms with van der Waals surface area (Å²) in [7, 11) is 0. The van der Waals surface area contributed by atoms with Gasteiger partial charge in [-0.05, 0) is 23.1 Å². The summed E-state index contributed by atoms with van der Waals surface area (Å²) in [6, 6.07) is 11.5. The van der Waals surface area contributed by atoms with Gasteiger partial charge in [0.2, 0.25) is 5.88 Å². The number of para-hydroxylation sites is 1. The van der Waals surface area contributed by atoms with Crippen LogP contribution in [0, 0.1) is 0 Å². The van der Waals surface area contributed by atoms with Crippen LogP contribution in [0.5, 0.6) is 11.6 Å². The van der Waals surface area contributed by atoms with E-state index in [1.54, 1.807) is 18.3 Å². The van der Waals surface area contributed by atoms with Crippen molar-refractivity contribution in [3.63, 3.8) is 0 Å². The minimum Gasteiger partial charge on any atom is -0.439 e. The van der Waals surface area contributed by atoms with E-state index in [0.717, 1.165) is 16.9 Å². The molecule has 0 atom stereocenters. The lowest BCUT2D eigenvalue weighted by molar-refractivity contribution is 0.281. The highest BCUT2D eigenvalue weighted by molar-refractivity contribution is 5.40. The van der Waals surface area contributed by atoms with Gasteiger partial charge in [-0.3, -0.25) is 0 Å². The third kappa shape index (κ3) is 3.32. The number of benzene rings is 1. The summed E-state index contributed by atoms with van der Waals surface area (Å²) in [5, 5.41) is 9.13. The molecule has 19 heavy (non-hydrogen) atoms. The third-order valence-corrected chi connectivity index (χ3v) is 2.89. The molecule has 1 aromatic carbocycles. The molecule has 1 heterocycles. The lowest BCUT2D eigenvalue weighted by Crippen LogP contribution is -2.12. The molecule has 2 aromatic rings. The largest absolute Gasteiger partial charge is 0.439 e. The fourth-order valence-electron chi connectivity index (χ4n) is 1.89. The van der Waals surface area contributed by atoms with E-state index in [2.05, 4.69) is 31.8 Å². The quantitative estimate of drug-likeness (QED) is 0.912. The Bertz CT molecular complexity index is 559. The predicted molar refractivity (Wildman–Crippen MR) is 75.4 cm³/mol. The molecular formula is C16H19NO2. The topological polar surface area (TPSA) is 42.4 Å². The molecule has 3 nitrogen and oxygen atoms in total. The molecule has 0 radical (unpaired) electrons. The molecular weight excluding hydrogens is 238 g/mol. The number of aromatic nitrogens is 1. The summed E-state index contributed by atoms with van der Waals surface area (Å²) in [6.45, 7) is 6.42. The van der Waals surface area contributed by atoms with Gasteiger partial charge in [-0.15, -0.1) is 0 Å². The molecule has 0 unspecified atom stereocenters. The fraction of sp³-hybridized carbons (Fsp3) is 0.312. The first kappa shape index (κ1) is 13.6. The third-order valence-electron chi connectivity index (χ3n) is 2.89. The summed E-state index contributed by atoms with van der Waals surface area (Å²) in [5.74, 6) is 1.31. The van der Waals surface area contributed by atoms with Gasteiger partial charge in [-0.1, -0.05) is 39.0 Å². The van der Waals surface area contributed by atoms with Gasteiger partial charge in [-0.25, -0.2) is 4.98 Å². The Morgan fingerprint density at radius 1 is 1.16 bits per heavy atom. The van der Waals surface area contributed by atoms with Crippen molar-refractivity contribution < 1.29 is 9.84 Å². The zero-order valence-electron chi connectivity index (χ0n) is 11.6. The molecule has 0 saturated carbocycles. The van der Waals surface area contributed by atoms with Crippen LogP contribution in [0.3, 0.4) is 0 Å². The first-order valence-corrected chi connectivity index (χ1v) is 6.34. The number of aliphatic hydroxyl groups excluding tert-OH is 1. The van der Waals surface area contributed by atoms with Crippen LogP contribution in [0.4, 0.5) is 0 Å². The summed E-state index contributed by atoms with van der Waals surface area (Å²) >= 11 is 0. The van der Waals surface area contributed by atoms with Gasteiger partial charge in [0, 0.05) is 17.8 Å². The van der Waals surface area contributed by atoms with Gasteiger partial charge < -0.3 is 9.84 Å². The molecule has 1 aromatic heterocycles. The lowest BCUT2D eigenvalue weighted by atomic mass is 9.86. The molecule has 1 N–H and O–H groups in total. The normalized spacial score (nSPS) is 11.4. The number of hydrogen-bond acceptors (Lipinski definition) is 3. The zero-order valence-corrected chi connectivity index (χ0v) is 11.6. The SMILES string of the molecule is CC(C)(C)c1ccccc1Oc1cc(CO)ccn1. The number of rotatable bonds is 3. The molecule has 3 heteroatoms. The van der Waals surface area contributed by atoms with Crippen molar-refractivity contribution in [3.05, 3.63) is 53.7 Å². The molecule has 0 aliphatic heterocycles. The molecule has 0 amide bonds. The number of aliphatic hydroxyl groups is 1. The number of hydrogen-bond donors (Lipinski definition) is 1. The smallest absolute Gasteiger partial charge is 0.219 e. The fourth-order valence-corrected chi connectivity index (χ4v) is 1.89. The number of nitrogens with zero attached hydrogens (tertiary/aromatic N) is 1. The van der Waals surface area contributed by atoms with Crippen LogP contribution >= 0.6 is 0 Å². The Morgan fingerprint density at radius 2 is 1.89 bits per heavy atom. The Balaban J connectivity index is 2.33. The monoisotopic (exact) mass is 257 g/mol. The van der Waals surface area contributed by atoms with Crippen LogP contribution in [0.25, 0.3) is 0 Å². The summed E-state index contributed by atoms with van der Waals surface area (Å²) < 4.78 is 5.86. The predicted octanol–water partition coefficient (Wildman–Crippen LogP) is 3.66. The average Bonchev–Trinajstić information content (AvgIpc) is 2.38. The highest BCUT2D eigenvalue weighted by Gasteiger charge is 2.18. The van der Waals surface area contributed by atoms with Crippen LogP contribution < -0.4 is 4.74 Å². The maximum atomic E-state index is 9.13. The van der Waals surface area contributed by atoms with Crippen molar-refractivity contribution in [2.24, 2.45) is 0 Å². The lowest BCUT2D eigenvalue weighted by Gasteiger charge is -2.22. The van der Waals surface area contributed by atoms with Crippen LogP contribution in [0.15, 0.2) is 42.6 Å². The van der Waals surface area contributed by atoms with E-state index in [1.807, 2.05) is 18.2 Å². The second kappa shape index (κ2) is 5.41. The zero-order chi connectivity index (χ0) is 13.9. The standard InChI is InChI=1S/C16H19NO2/c1-16(2,3)13-6-4-5-7-14(13)19-15-10-12(11-18)8-9-17-15/h4-10,18H,11H2,1-3H3. The van der Waals surface area contributed by atoms with Crippen molar-refractivity contribution in [2.75, 3.05) is 0 Å². The molecule has 0 bridgehead atoms. The highest BCUT2D eigenvalue weighted by Crippen LogP contribution is 2.33. The second-order valence-corrected chi connectivity index (χ2v) is 5.51. The Morgan fingerprint density at radius 3 is 2.58 bits per heavy atom. The highest BCUT2D eigenvalue weighted by atomic mass is 16.5. The first-order chi connectivity index (χ1) is 9.00. The average molecular weight is 257 g/mol. The van der Waals surface area contributed by atoms with Gasteiger partial charge in [-0.2, -0.15) is 0 Å². The minimum absolute atomic E-state index is 0.00514. The van der Waals surface area contributed by atoms with Crippen molar-refractivity contribution in [3.8, 4) is 11.6 Å². The molecule has 0 aliphatic carbocycles. The van der Waals surface area contributed by atoms with Crippen molar-refractivity contribution in [1.82, 2.24) is 4.98 Å². The van der Waals surface area contributed by atoms with E-state index in [4.69, 9.17) is 9.84 Å². The first-order valence-electron chi connectivity index (χ1n) is 6.34. The van der Waals surface area contributed by atoms with E-state index in [9.17, 15) is 0 Å². The van der Waals surface area contributed by atoms with Gasteiger partial charge in [0.05, 0.1) is 6.61 Å². The van der Waals surface area contributed by atoms with Crippen LogP contribution in [0.2, 0.25) is 0 Å². The molecule has 2 rings (SSSR count). The van der Waals surface area contributed by atoms with E-state index < -0.39 is 0 Å².